The van der Waals surface area contributed by atoms with Crippen molar-refractivity contribution in [3.63, 3.8) is 0 Å². The first-order chi connectivity index (χ1) is 6.40. The Labute approximate surface area is 78.2 Å². The number of fused-ring (bicyclic) bond motifs is 1. The molecule has 0 aliphatic rings. The van der Waals surface area contributed by atoms with Crippen molar-refractivity contribution in [1.29, 1.82) is 0 Å². The third-order valence-electron chi connectivity index (χ3n) is 2.13. The number of benzene rings is 2. The van der Waals surface area contributed by atoms with Gasteiger partial charge in [0.1, 0.15) is 0 Å². The van der Waals surface area contributed by atoms with Crippen molar-refractivity contribution >= 4 is 10.8 Å². The molecule has 0 aliphatic heterocycles. The van der Waals surface area contributed by atoms with Crippen molar-refractivity contribution in [2.75, 3.05) is 6.54 Å². The van der Waals surface area contributed by atoms with E-state index in [-0.39, 0.29) is 0 Å². The van der Waals surface area contributed by atoms with E-state index >= 15 is 0 Å². The predicted octanol–water partition coefficient (Wildman–Crippen LogP) is 2.14. The molecule has 0 saturated carbocycles. The van der Waals surface area contributed by atoms with Gasteiger partial charge in [-0.15, -0.1) is 0 Å². The lowest BCUT2D eigenvalue weighted by Gasteiger charge is -2.00. The highest BCUT2D eigenvalue weighted by Gasteiger charge is 1.94. The van der Waals surface area contributed by atoms with E-state index in [0.29, 0.717) is 6.54 Å². The van der Waals surface area contributed by atoms with Gasteiger partial charge in [0, 0.05) is 0 Å². The van der Waals surface area contributed by atoms with Crippen LogP contribution < -0.4 is 5.73 Å². The molecule has 0 spiro atoms. The minimum Gasteiger partial charge on any atom is -0.330 e. The molecule has 65 valence electrons. The Balaban J connectivity index is 2.49. The normalized spacial score (nSPS) is 10.5. The fourth-order valence-electron chi connectivity index (χ4n) is 1.46. The number of nitrogens with two attached hydrogens (primary N) is 1. The average Bonchev–Trinajstić information content (AvgIpc) is 2.18. The van der Waals surface area contributed by atoms with E-state index in [2.05, 4.69) is 30.3 Å². The Morgan fingerprint density at radius 3 is 2.77 bits per heavy atom. The van der Waals surface area contributed by atoms with Crippen LogP contribution in [0.1, 0.15) is 5.56 Å². The maximum Gasteiger partial charge on any atom is -0.00365 e. The summed E-state index contributed by atoms with van der Waals surface area (Å²) in [6, 6.07) is 15.8. The van der Waals surface area contributed by atoms with Gasteiger partial charge in [0.05, 0.1) is 0 Å². The lowest BCUT2D eigenvalue weighted by Crippen LogP contribution is -2.02. The molecule has 2 aromatic carbocycles. The zero-order valence-electron chi connectivity index (χ0n) is 7.46. The Morgan fingerprint density at radius 2 is 1.92 bits per heavy atom. The molecule has 0 aromatic heterocycles. The van der Waals surface area contributed by atoms with E-state index in [9.17, 15) is 0 Å². The summed E-state index contributed by atoms with van der Waals surface area (Å²) in [7, 11) is 0. The van der Waals surface area contributed by atoms with E-state index in [0.717, 1.165) is 6.42 Å². The van der Waals surface area contributed by atoms with Gasteiger partial charge in [-0.05, 0) is 35.4 Å². The summed E-state index contributed by atoms with van der Waals surface area (Å²) in [5.41, 5.74) is 6.68. The number of rotatable bonds is 2. The van der Waals surface area contributed by atoms with E-state index < -0.39 is 0 Å². The molecule has 0 atom stereocenters. The first kappa shape index (κ1) is 8.27. The lowest BCUT2D eigenvalue weighted by atomic mass is 10.1. The van der Waals surface area contributed by atoms with Crippen LogP contribution in [0.5, 0.6) is 0 Å². The Hall–Kier alpha value is -1.34. The molecule has 1 nitrogen and oxygen atoms in total. The van der Waals surface area contributed by atoms with Crippen LogP contribution in [-0.2, 0) is 6.42 Å². The molecule has 0 fully saturated rings. The van der Waals surface area contributed by atoms with Crippen molar-refractivity contribution in [2.24, 2.45) is 5.73 Å². The molecule has 2 N–H and O–H groups in total. The maximum atomic E-state index is 5.48. The van der Waals surface area contributed by atoms with Gasteiger partial charge >= 0.3 is 0 Å². The highest BCUT2D eigenvalue weighted by molar-refractivity contribution is 5.82. The SMILES string of the molecule is NCCc1[c]c2ccccc2cc1. The first-order valence-electron chi connectivity index (χ1n) is 4.50. The molecule has 0 bridgehead atoms. The largest absolute Gasteiger partial charge is 0.330 e. The van der Waals surface area contributed by atoms with E-state index in [4.69, 9.17) is 5.73 Å². The van der Waals surface area contributed by atoms with Crippen LogP contribution in [0.25, 0.3) is 10.8 Å². The van der Waals surface area contributed by atoms with E-state index in [1.165, 1.54) is 16.3 Å². The van der Waals surface area contributed by atoms with Crippen LogP contribution in [0.15, 0.2) is 36.4 Å². The monoisotopic (exact) mass is 170 g/mol. The maximum absolute atomic E-state index is 5.48. The highest BCUT2D eigenvalue weighted by atomic mass is 14.5. The minimum absolute atomic E-state index is 0.689. The van der Waals surface area contributed by atoms with Gasteiger partial charge in [0.2, 0.25) is 0 Å². The van der Waals surface area contributed by atoms with Gasteiger partial charge in [-0.3, -0.25) is 0 Å². The zero-order valence-corrected chi connectivity index (χ0v) is 7.46. The first-order valence-corrected chi connectivity index (χ1v) is 4.50. The van der Waals surface area contributed by atoms with Crippen molar-refractivity contribution < 1.29 is 0 Å². The molecule has 2 aromatic rings. The Morgan fingerprint density at radius 1 is 1.08 bits per heavy atom. The smallest absolute Gasteiger partial charge is 0.00365 e. The van der Waals surface area contributed by atoms with Gasteiger partial charge in [-0.2, -0.15) is 0 Å². The molecule has 0 aliphatic carbocycles. The van der Waals surface area contributed by atoms with E-state index in [1.807, 2.05) is 12.1 Å². The summed E-state index contributed by atoms with van der Waals surface area (Å²) in [5, 5.41) is 2.41. The summed E-state index contributed by atoms with van der Waals surface area (Å²) in [6.07, 6.45) is 0.908. The van der Waals surface area contributed by atoms with Gasteiger partial charge < -0.3 is 5.73 Å². The predicted molar refractivity (Wildman–Crippen MR) is 55.5 cm³/mol. The molecule has 2 rings (SSSR count). The van der Waals surface area contributed by atoms with E-state index in [1.54, 1.807) is 0 Å². The molecule has 1 radical (unpaired) electrons. The highest BCUT2D eigenvalue weighted by Crippen LogP contribution is 2.14. The average molecular weight is 170 g/mol. The molecule has 1 heteroatoms. The fraction of sp³-hybridized carbons (Fsp3) is 0.167. The Kier molecular flexibility index (Phi) is 2.28. The lowest BCUT2D eigenvalue weighted by molar-refractivity contribution is 0.969. The van der Waals surface area contributed by atoms with Crippen LogP contribution >= 0.6 is 0 Å². The van der Waals surface area contributed by atoms with Crippen molar-refractivity contribution in [1.82, 2.24) is 0 Å². The molecule has 0 unspecified atom stereocenters. The standard InChI is InChI=1S/C12H12N/c13-8-7-10-5-6-11-3-1-2-4-12(11)9-10/h1-6H,7-8,13H2. The van der Waals surface area contributed by atoms with Gasteiger partial charge in [-0.1, -0.05) is 36.4 Å². The Bertz CT molecular complexity index is 407. The third-order valence-corrected chi connectivity index (χ3v) is 2.13. The molecular weight excluding hydrogens is 158 g/mol. The second-order valence-corrected chi connectivity index (χ2v) is 3.11. The van der Waals surface area contributed by atoms with Crippen molar-refractivity contribution in [2.45, 2.75) is 6.42 Å². The van der Waals surface area contributed by atoms with Crippen LogP contribution in [0.4, 0.5) is 0 Å². The molecule has 13 heavy (non-hydrogen) atoms. The fourth-order valence-corrected chi connectivity index (χ4v) is 1.46. The quantitative estimate of drug-likeness (QED) is 0.734. The molecular formula is C12H12N. The topological polar surface area (TPSA) is 26.0 Å². The van der Waals surface area contributed by atoms with Gasteiger partial charge in [-0.25, -0.2) is 0 Å². The summed E-state index contributed by atoms with van der Waals surface area (Å²) in [6.45, 7) is 0.689. The summed E-state index contributed by atoms with van der Waals surface area (Å²) in [4.78, 5) is 0. The number of hydrogen-bond donors (Lipinski definition) is 1. The zero-order chi connectivity index (χ0) is 9.10. The molecule has 0 heterocycles. The summed E-state index contributed by atoms with van der Waals surface area (Å²) < 4.78 is 0. The summed E-state index contributed by atoms with van der Waals surface area (Å²) in [5.74, 6) is 0. The van der Waals surface area contributed by atoms with Gasteiger partial charge in [0.25, 0.3) is 0 Å². The third kappa shape index (κ3) is 1.70. The molecule has 0 saturated heterocycles. The van der Waals surface area contributed by atoms with Crippen LogP contribution in [-0.4, -0.2) is 6.54 Å². The second kappa shape index (κ2) is 3.58. The van der Waals surface area contributed by atoms with Crippen LogP contribution in [0.2, 0.25) is 0 Å². The van der Waals surface area contributed by atoms with Crippen molar-refractivity contribution in [3.05, 3.63) is 48.0 Å². The second-order valence-electron chi connectivity index (χ2n) is 3.11. The van der Waals surface area contributed by atoms with Crippen molar-refractivity contribution in [3.8, 4) is 0 Å². The van der Waals surface area contributed by atoms with Crippen LogP contribution in [0.3, 0.4) is 0 Å². The molecule has 0 amide bonds. The minimum atomic E-state index is 0.689. The van der Waals surface area contributed by atoms with Crippen LogP contribution in [0, 0.1) is 6.07 Å². The summed E-state index contributed by atoms with van der Waals surface area (Å²) >= 11 is 0. The van der Waals surface area contributed by atoms with Gasteiger partial charge in [0.15, 0.2) is 0 Å². The number of hydrogen-bond acceptors (Lipinski definition) is 1.